The summed E-state index contributed by atoms with van der Waals surface area (Å²) < 4.78 is 15.3. The van der Waals surface area contributed by atoms with Gasteiger partial charge in [-0.2, -0.15) is 0 Å². The number of aromatic nitrogens is 3. The summed E-state index contributed by atoms with van der Waals surface area (Å²) in [7, 11) is 2.05. The quantitative estimate of drug-likeness (QED) is 0.616. The zero-order valence-corrected chi connectivity index (χ0v) is 19.1. The van der Waals surface area contributed by atoms with E-state index < -0.39 is 0 Å². The number of piperidine rings is 1. The number of halogens is 1. The molecule has 0 spiro atoms. The topological polar surface area (TPSA) is 83.4 Å². The summed E-state index contributed by atoms with van der Waals surface area (Å²) in [5, 5.41) is 2.86. The van der Waals surface area contributed by atoms with Crippen LogP contribution in [0.1, 0.15) is 12.8 Å². The first-order chi connectivity index (χ1) is 16.0. The molecule has 5 rings (SSSR count). The first kappa shape index (κ1) is 21.8. The van der Waals surface area contributed by atoms with Crippen molar-refractivity contribution in [2.24, 2.45) is 0 Å². The monoisotopic (exact) mass is 468 g/mol. The van der Waals surface area contributed by atoms with Gasteiger partial charge in [0.15, 0.2) is 0 Å². The third-order valence-corrected chi connectivity index (χ3v) is 7.42. The van der Waals surface area contributed by atoms with Crippen molar-refractivity contribution in [3.05, 3.63) is 52.7 Å². The Labute approximate surface area is 194 Å². The van der Waals surface area contributed by atoms with Gasteiger partial charge >= 0.3 is 0 Å². The van der Waals surface area contributed by atoms with Gasteiger partial charge in [-0.15, -0.1) is 11.8 Å². The lowest BCUT2D eigenvalue weighted by Gasteiger charge is -2.37. The maximum atomic E-state index is 13.7. The van der Waals surface area contributed by atoms with E-state index in [1.54, 1.807) is 10.6 Å². The molecule has 0 bridgehead atoms. The summed E-state index contributed by atoms with van der Waals surface area (Å²) in [5.41, 5.74) is 0.927. The molecule has 0 radical (unpaired) electrons. The molecule has 2 aliphatic heterocycles. The molecule has 0 unspecified atom stereocenters. The SMILES string of the molecule is CN(c1ccc2c(n1)NC(=O)CS2)C1CCN(CCn2c(=O)cnc3ccc(F)cc32)CC1. The molecule has 2 aromatic heterocycles. The number of amides is 1. The van der Waals surface area contributed by atoms with Crippen molar-refractivity contribution in [1.82, 2.24) is 19.4 Å². The fourth-order valence-electron chi connectivity index (χ4n) is 4.47. The van der Waals surface area contributed by atoms with Crippen LogP contribution < -0.4 is 15.8 Å². The van der Waals surface area contributed by atoms with Gasteiger partial charge in [-0.3, -0.25) is 9.59 Å². The van der Waals surface area contributed by atoms with Crippen molar-refractivity contribution in [2.75, 3.05) is 42.7 Å². The first-order valence-corrected chi connectivity index (χ1v) is 12.0. The van der Waals surface area contributed by atoms with Crippen LogP contribution in [0.5, 0.6) is 0 Å². The fourth-order valence-corrected chi connectivity index (χ4v) is 5.23. The maximum absolute atomic E-state index is 13.7. The Hall–Kier alpha value is -2.98. The summed E-state index contributed by atoms with van der Waals surface area (Å²) in [6, 6.07) is 8.70. The van der Waals surface area contributed by atoms with E-state index in [0.717, 1.165) is 36.6 Å². The van der Waals surface area contributed by atoms with Crippen LogP contribution in [0.25, 0.3) is 11.0 Å². The minimum Gasteiger partial charge on any atom is -0.357 e. The van der Waals surface area contributed by atoms with Crippen LogP contribution in [0.15, 0.2) is 46.2 Å². The highest BCUT2D eigenvalue weighted by atomic mass is 32.2. The third-order valence-electron chi connectivity index (χ3n) is 6.37. The Kier molecular flexibility index (Phi) is 6.03. The number of nitrogens with one attached hydrogen (secondary N) is 1. The molecule has 1 fully saturated rings. The zero-order valence-electron chi connectivity index (χ0n) is 18.3. The van der Waals surface area contributed by atoms with E-state index in [1.165, 1.54) is 30.1 Å². The second kappa shape index (κ2) is 9.11. The molecule has 10 heteroatoms. The number of carbonyl (C=O) groups is 1. The molecular formula is C23H25FN6O2S. The van der Waals surface area contributed by atoms with Crippen LogP contribution in [-0.2, 0) is 11.3 Å². The predicted octanol–water partition coefficient (Wildman–Crippen LogP) is 2.58. The fraction of sp³-hybridized carbons (Fsp3) is 0.391. The van der Waals surface area contributed by atoms with Gasteiger partial charge in [0.25, 0.3) is 5.56 Å². The average molecular weight is 469 g/mol. The molecule has 33 heavy (non-hydrogen) atoms. The molecule has 1 aromatic carbocycles. The first-order valence-electron chi connectivity index (χ1n) is 11.0. The Morgan fingerprint density at radius 2 is 2.00 bits per heavy atom. The van der Waals surface area contributed by atoms with Gasteiger partial charge in [-0.05, 0) is 43.2 Å². The standard InChI is InChI=1S/C23H25FN6O2S/c1-28(20-5-4-19-23(26-20)27-21(31)14-33-19)16-6-8-29(9-7-16)10-11-30-18-12-15(24)2-3-17(18)25-13-22(30)32/h2-5,12-13,16H,6-11,14H2,1H3,(H,26,27,31). The smallest absolute Gasteiger partial charge is 0.269 e. The number of likely N-dealkylation sites (tertiary alicyclic amines) is 1. The van der Waals surface area contributed by atoms with Crippen LogP contribution in [0, 0.1) is 5.82 Å². The number of fused-ring (bicyclic) bond motifs is 2. The number of hydrogen-bond donors (Lipinski definition) is 1. The Morgan fingerprint density at radius 1 is 1.18 bits per heavy atom. The Morgan fingerprint density at radius 3 is 2.82 bits per heavy atom. The number of carbonyl (C=O) groups excluding carboxylic acids is 1. The Bertz CT molecular complexity index is 1260. The van der Waals surface area contributed by atoms with E-state index in [9.17, 15) is 14.0 Å². The number of thioether (sulfide) groups is 1. The molecule has 3 aromatic rings. The van der Waals surface area contributed by atoms with E-state index in [0.29, 0.717) is 41.7 Å². The lowest BCUT2D eigenvalue weighted by Crippen LogP contribution is -2.45. The molecule has 1 N–H and O–H groups in total. The summed E-state index contributed by atoms with van der Waals surface area (Å²) in [6.07, 6.45) is 3.24. The van der Waals surface area contributed by atoms with Gasteiger partial charge in [-0.1, -0.05) is 0 Å². The number of rotatable bonds is 5. The Balaban J connectivity index is 1.21. The van der Waals surface area contributed by atoms with Crippen LogP contribution >= 0.6 is 11.8 Å². The van der Waals surface area contributed by atoms with E-state index in [1.807, 2.05) is 19.2 Å². The van der Waals surface area contributed by atoms with Crippen LogP contribution in [0.4, 0.5) is 16.0 Å². The van der Waals surface area contributed by atoms with Gasteiger partial charge in [0.2, 0.25) is 5.91 Å². The van der Waals surface area contributed by atoms with Crippen molar-refractivity contribution in [2.45, 2.75) is 30.3 Å². The summed E-state index contributed by atoms with van der Waals surface area (Å²) in [6.45, 7) is 3.01. The highest BCUT2D eigenvalue weighted by Crippen LogP contribution is 2.32. The molecule has 1 amide bonds. The maximum Gasteiger partial charge on any atom is 0.269 e. The normalized spacial score (nSPS) is 17.1. The van der Waals surface area contributed by atoms with Crippen molar-refractivity contribution < 1.29 is 9.18 Å². The van der Waals surface area contributed by atoms with Crippen molar-refractivity contribution in [1.29, 1.82) is 0 Å². The molecule has 0 saturated carbocycles. The van der Waals surface area contributed by atoms with Gasteiger partial charge in [0.1, 0.15) is 17.5 Å². The van der Waals surface area contributed by atoms with Gasteiger partial charge in [0.05, 0.1) is 27.9 Å². The van der Waals surface area contributed by atoms with Crippen LogP contribution in [-0.4, -0.2) is 63.8 Å². The summed E-state index contributed by atoms with van der Waals surface area (Å²) in [4.78, 5) is 38.3. The predicted molar refractivity (Wildman–Crippen MR) is 127 cm³/mol. The highest BCUT2D eigenvalue weighted by molar-refractivity contribution is 8.00. The molecule has 0 aliphatic carbocycles. The van der Waals surface area contributed by atoms with Crippen LogP contribution in [0.3, 0.4) is 0 Å². The number of pyridine rings is 1. The van der Waals surface area contributed by atoms with Gasteiger partial charge in [0, 0.05) is 39.3 Å². The summed E-state index contributed by atoms with van der Waals surface area (Å²) in [5.74, 6) is 1.54. The van der Waals surface area contributed by atoms with Crippen molar-refractivity contribution in [3.63, 3.8) is 0 Å². The summed E-state index contributed by atoms with van der Waals surface area (Å²) >= 11 is 1.51. The molecular weight excluding hydrogens is 443 g/mol. The zero-order chi connectivity index (χ0) is 22.9. The molecule has 8 nitrogen and oxygen atoms in total. The third kappa shape index (κ3) is 4.58. The van der Waals surface area contributed by atoms with E-state index >= 15 is 0 Å². The molecule has 172 valence electrons. The van der Waals surface area contributed by atoms with E-state index in [4.69, 9.17) is 0 Å². The average Bonchev–Trinajstić information content (AvgIpc) is 2.83. The van der Waals surface area contributed by atoms with Gasteiger partial charge < -0.3 is 19.7 Å². The van der Waals surface area contributed by atoms with Crippen molar-refractivity contribution in [3.8, 4) is 0 Å². The largest absolute Gasteiger partial charge is 0.357 e. The molecule has 2 aliphatic rings. The minimum atomic E-state index is -0.374. The highest BCUT2D eigenvalue weighted by Gasteiger charge is 2.25. The second-order valence-electron chi connectivity index (χ2n) is 8.42. The molecule has 1 saturated heterocycles. The number of hydrogen-bond acceptors (Lipinski definition) is 7. The second-order valence-corrected chi connectivity index (χ2v) is 9.44. The van der Waals surface area contributed by atoms with Gasteiger partial charge in [-0.25, -0.2) is 14.4 Å². The number of nitrogens with zero attached hydrogens (tertiary/aromatic N) is 5. The van der Waals surface area contributed by atoms with Crippen LogP contribution in [0.2, 0.25) is 0 Å². The lowest BCUT2D eigenvalue weighted by molar-refractivity contribution is -0.113. The molecule has 0 atom stereocenters. The lowest BCUT2D eigenvalue weighted by atomic mass is 10.0. The van der Waals surface area contributed by atoms with E-state index in [-0.39, 0.29) is 17.3 Å². The van der Waals surface area contributed by atoms with E-state index in [2.05, 4.69) is 25.1 Å². The molecule has 4 heterocycles. The van der Waals surface area contributed by atoms with Crippen molar-refractivity contribution >= 4 is 40.3 Å². The number of benzene rings is 1. The number of anilines is 2. The minimum absolute atomic E-state index is 0.0167.